The van der Waals surface area contributed by atoms with Gasteiger partial charge in [-0.3, -0.25) is 9.59 Å². The third-order valence-corrected chi connectivity index (χ3v) is 7.39. The average Bonchev–Trinajstić information content (AvgIpc) is 3.38. The number of anilines is 1. The van der Waals surface area contributed by atoms with Gasteiger partial charge in [-0.15, -0.1) is 0 Å². The molecule has 3 rings (SSSR count). The van der Waals surface area contributed by atoms with E-state index in [1.54, 1.807) is 68.4 Å². The number of rotatable bonds is 11. The molecule has 0 aliphatic rings. The Balaban J connectivity index is 1.49. The van der Waals surface area contributed by atoms with Gasteiger partial charge in [-0.05, 0) is 53.9 Å². The normalized spacial score (nSPS) is 11.4. The molecule has 1 heterocycles. The fourth-order valence-electron chi connectivity index (χ4n) is 3.45. The van der Waals surface area contributed by atoms with Gasteiger partial charge in [-0.2, -0.15) is 4.31 Å². The maximum atomic E-state index is 12.6. The van der Waals surface area contributed by atoms with Crippen molar-refractivity contribution in [3.63, 3.8) is 0 Å². The van der Waals surface area contributed by atoms with Crippen LogP contribution in [0, 0.1) is 0 Å². The van der Waals surface area contributed by atoms with Gasteiger partial charge < -0.3 is 15.1 Å². The number of hydrogen-bond acceptors (Lipinski definition) is 5. The standard InChI is InChI=1S/C25H29N3O5S/c1-3-28(4-2)34(31,32)22-13-10-19(11-14-22)12-15-24(29)26-18-20-7-5-8-21(17-20)27-25(30)23-9-6-16-33-23/h5-11,13-14,16-17H,3-4,12,15,18H2,1-2H3,(H,26,29)(H,27,30). The number of hydrogen-bond donors (Lipinski definition) is 2. The van der Waals surface area contributed by atoms with Crippen molar-refractivity contribution in [1.29, 1.82) is 0 Å². The van der Waals surface area contributed by atoms with E-state index < -0.39 is 10.0 Å². The molecule has 180 valence electrons. The highest BCUT2D eigenvalue weighted by Gasteiger charge is 2.21. The summed E-state index contributed by atoms with van der Waals surface area (Å²) >= 11 is 0. The minimum Gasteiger partial charge on any atom is -0.459 e. The summed E-state index contributed by atoms with van der Waals surface area (Å²) in [6.07, 6.45) is 2.21. The molecule has 0 saturated carbocycles. The van der Waals surface area contributed by atoms with Crippen molar-refractivity contribution in [1.82, 2.24) is 9.62 Å². The number of nitrogens with one attached hydrogen (secondary N) is 2. The molecule has 8 nitrogen and oxygen atoms in total. The molecule has 0 radical (unpaired) electrons. The molecule has 2 amide bonds. The van der Waals surface area contributed by atoms with Crippen LogP contribution in [0.15, 0.2) is 76.2 Å². The first-order valence-corrected chi connectivity index (χ1v) is 12.6. The molecule has 9 heteroatoms. The van der Waals surface area contributed by atoms with E-state index in [1.165, 1.54) is 10.6 Å². The molecule has 1 aromatic heterocycles. The molecule has 0 atom stereocenters. The van der Waals surface area contributed by atoms with Gasteiger partial charge in [0.15, 0.2) is 5.76 Å². The molecule has 34 heavy (non-hydrogen) atoms. The lowest BCUT2D eigenvalue weighted by Gasteiger charge is -2.18. The van der Waals surface area contributed by atoms with E-state index in [0.29, 0.717) is 31.7 Å². The minimum absolute atomic E-state index is 0.120. The third-order valence-electron chi connectivity index (χ3n) is 5.33. The highest BCUT2D eigenvalue weighted by atomic mass is 32.2. The van der Waals surface area contributed by atoms with Gasteiger partial charge in [0.05, 0.1) is 11.2 Å². The maximum Gasteiger partial charge on any atom is 0.291 e. The fraction of sp³-hybridized carbons (Fsp3) is 0.280. The van der Waals surface area contributed by atoms with Crippen molar-refractivity contribution in [2.45, 2.75) is 38.1 Å². The molecular weight excluding hydrogens is 454 g/mol. The van der Waals surface area contributed by atoms with Crippen LogP contribution in [0.1, 0.15) is 41.9 Å². The van der Waals surface area contributed by atoms with Crippen LogP contribution in [0.25, 0.3) is 0 Å². The van der Waals surface area contributed by atoms with Crippen LogP contribution in [-0.4, -0.2) is 37.6 Å². The molecule has 2 N–H and O–H groups in total. The van der Waals surface area contributed by atoms with Crippen molar-refractivity contribution in [3.8, 4) is 0 Å². The first kappa shape index (κ1) is 25.2. The van der Waals surface area contributed by atoms with Crippen LogP contribution in [-0.2, 0) is 27.8 Å². The summed E-state index contributed by atoms with van der Waals surface area (Å²) in [5, 5.41) is 5.63. The number of nitrogens with zero attached hydrogens (tertiary/aromatic N) is 1. The Bertz CT molecular complexity index is 1200. The Morgan fingerprint density at radius 1 is 0.941 bits per heavy atom. The van der Waals surface area contributed by atoms with Gasteiger partial charge in [0, 0.05) is 31.7 Å². The van der Waals surface area contributed by atoms with Gasteiger partial charge >= 0.3 is 0 Å². The molecule has 3 aromatic rings. The van der Waals surface area contributed by atoms with Gasteiger partial charge in [0.1, 0.15) is 0 Å². The summed E-state index contributed by atoms with van der Waals surface area (Å²) in [5.74, 6) is -0.246. The minimum atomic E-state index is -3.49. The second-order valence-corrected chi connectivity index (χ2v) is 9.58. The SMILES string of the molecule is CCN(CC)S(=O)(=O)c1ccc(CCC(=O)NCc2cccc(NC(=O)c3ccco3)c2)cc1. The number of carbonyl (C=O) groups excluding carboxylic acids is 2. The lowest BCUT2D eigenvalue weighted by molar-refractivity contribution is -0.121. The van der Waals surface area contributed by atoms with Crippen LogP contribution in [0.3, 0.4) is 0 Å². The molecule has 2 aromatic carbocycles. The van der Waals surface area contributed by atoms with Crippen molar-refractivity contribution in [2.24, 2.45) is 0 Å². The highest BCUT2D eigenvalue weighted by Crippen LogP contribution is 2.17. The van der Waals surface area contributed by atoms with Crippen LogP contribution < -0.4 is 10.6 Å². The van der Waals surface area contributed by atoms with E-state index >= 15 is 0 Å². The van der Waals surface area contributed by atoms with Crippen LogP contribution in [0.2, 0.25) is 0 Å². The second kappa shape index (κ2) is 11.6. The molecule has 0 unspecified atom stereocenters. The monoisotopic (exact) mass is 483 g/mol. The van der Waals surface area contributed by atoms with Crippen molar-refractivity contribution >= 4 is 27.5 Å². The van der Waals surface area contributed by atoms with Crippen molar-refractivity contribution in [2.75, 3.05) is 18.4 Å². The zero-order chi connectivity index (χ0) is 24.6. The predicted octanol–water partition coefficient (Wildman–Crippen LogP) is 3.81. The number of furan rings is 1. The number of aryl methyl sites for hydroxylation is 1. The smallest absolute Gasteiger partial charge is 0.291 e. The second-order valence-electron chi connectivity index (χ2n) is 7.64. The topological polar surface area (TPSA) is 109 Å². The van der Waals surface area contributed by atoms with Crippen molar-refractivity contribution < 1.29 is 22.4 Å². The Morgan fingerprint density at radius 3 is 2.32 bits per heavy atom. The van der Waals surface area contributed by atoms with Gasteiger partial charge in [-0.1, -0.05) is 38.1 Å². The highest BCUT2D eigenvalue weighted by molar-refractivity contribution is 7.89. The fourth-order valence-corrected chi connectivity index (χ4v) is 4.91. The van der Waals surface area contributed by atoms with E-state index in [1.807, 2.05) is 6.07 Å². The van der Waals surface area contributed by atoms with Crippen LogP contribution >= 0.6 is 0 Å². The molecule has 0 aliphatic heterocycles. The zero-order valence-corrected chi connectivity index (χ0v) is 20.1. The van der Waals surface area contributed by atoms with Gasteiger partial charge in [-0.25, -0.2) is 8.42 Å². The Kier molecular flexibility index (Phi) is 8.61. The summed E-state index contributed by atoms with van der Waals surface area (Å²) in [7, 11) is -3.49. The van der Waals surface area contributed by atoms with E-state index in [0.717, 1.165) is 11.1 Å². The first-order valence-electron chi connectivity index (χ1n) is 11.1. The predicted molar refractivity (Wildman–Crippen MR) is 130 cm³/mol. The third kappa shape index (κ3) is 6.55. The lowest BCUT2D eigenvalue weighted by Crippen LogP contribution is -2.30. The van der Waals surface area contributed by atoms with E-state index in [9.17, 15) is 18.0 Å². The zero-order valence-electron chi connectivity index (χ0n) is 19.3. The number of carbonyl (C=O) groups is 2. The summed E-state index contributed by atoms with van der Waals surface area (Å²) in [5.41, 5.74) is 2.33. The van der Waals surface area contributed by atoms with Crippen LogP contribution in [0.5, 0.6) is 0 Å². The van der Waals surface area contributed by atoms with Crippen LogP contribution in [0.4, 0.5) is 5.69 Å². The first-order chi connectivity index (χ1) is 16.3. The molecular formula is C25H29N3O5S. The quantitative estimate of drug-likeness (QED) is 0.431. The summed E-state index contributed by atoms with van der Waals surface area (Å²) in [4.78, 5) is 24.7. The summed E-state index contributed by atoms with van der Waals surface area (Å²) in [6, 6.07) is 17.1. The molecule has 0 bridgehead atoms. The lowest BCUT2D eigenvalue weighted by atomic mass is 10.1. The number of benzene rings is 2. The Labute approximate surface area is 200 Å². The van der Waals surface area contributed by atoms with Gasteiger partial charge in [0.2, 0.25) is 15.9 Å². The molecule has 0 spiro atoms. The average molecular weight is 484 g/mol. The summed E-state index contributed by atoms with van der Waals surface area (Å²) < 4.78 is 31.6. The van der Waals surface area contributed by atoms with Gasteiger partial charge in [0.25, 0.3) is 5.91 Å². The Morgan fingerprint density at radius 2 is 1.68 bits per heavy atom. The molecule has 0 saturated heterocycles. The Hall–Kier alpha value is -3.43. The maximum absolute atomic E-state index is 12.6. The number of sulfonamides is 1. The molecule has 0 aliphatic carbocycles. The largest absolute Gasteiger partial charge is 0.459 e. The van der Waals surface area contributed by atoms with E-state index in [2.05, 4.69) is 10.6 Å². The number of amides is 2. The van der Waals surface area contributed by atoms with E-state index in [-0.39, 0.29) is 28.9 Å². The van der Waals surface area contributed by atoms with E-state index in [4.69, 9.17) is 4.42 Å². The molecule has 0 fully saturated rings. The summed E-state index contributed by atoms with van der Waals surface area (Å²) in [6.45, 7) is 4.77. The van der Waals surface area contributed by atoms with Crippen molar-refractivity contribution in [3.05, 3.63) is 83.8 Å².